The van der Waals surface area contributed by atoms with Crippen molar-refractivity contribution in [3.63, 3.8) is 0 Å². The van der Waals surface area contributed by atoms with Crippen molar-refractivity contribution in [2.24, 2.45) is 0 Å². The van der Waals surface area contributed by atoms with Gasteiger partial charge >= 0.3 is 12.1 Å². The lowest BCUT2D eigenvalue weighted by Crippen LogP contribution is -2.45. The van der Waals surface area contributed by atoms with Crippen molar-refractivity contribution in [2.45, 2.75) is 38.1 Å². The Bertz CT molecular complexity index is 693. The third-order valence-electron chi connectivity index (χ3n) is 4.60. The summed E-state index contributed by atoms with van der Waals surface area (Å²) in [6.07, 6.45) is -0.0290. The van der Waals surface area contributed by atoms with Gasteiger partial charge in [-0.3, -0.25) is 9.69 Å². The molecule has 1 aromatic carbocycles. The number of ether oxygens (including phenoxy) is 1. The van der Waals surface area contributed by atoms with E-state index in [1.165, 1.54) is 4.90 Å². The number of rotatable bonds is 7. The van der Waals surface area contributed by atoms with Crippen molar-refractivity contribution >= 4 is 18.0 Å². The Morgan fingerprint density at radius 2 is 1.96 bits per heavy atom. The Balaban J connectivity index is 1.54. The van der Waals surface area contributed by atoms with E-state index in [1.807, 2.05) is 31.2 Å². The van der Waals surface area contributed by atoms with Crippen molar-refractivity contribution in [2.75, 3.05) is 13.7 Å². The topological polar surface area (TPSA) is 112 Å². The van der Waals surface area contributed by atoms with Gasteiger partial charge in [0.25, 0.3) is 0 Å². The highest BCUT2D eigenvalue weighted by Gasteiger charge is 2.45. The van der Waals surface area contributed by atoms with E-state index in [2.05, 4.69) is 21.3 Å². The fraction of sp³-hybridized carbons (Fsp3) is 0.471. The summed E-state index contributed by atoms with van der Waals surface area (Å²) in [6.45, 7) is 2.22. The molecule has 5 amide bonds. The van der Waals surface area contributed by atoms with Crippen LogP contribution in [0.2, 0.25) is 0 Å². The van der Waals surface area contributed by atoms with Crippen LogP contribution in [-0.2, 0) is 4.79 Å². The van der Waals surface area contributed by atoms with Crippen LogP contribution in [-0.4, -0.2) is 48.9 Å². The largest absolute Gasteiger partial charge is 0.497 e. The lowest BCUT2D eigenvalue weighted by Gasteiger charge is -2.22. The van der Waals surface area contributed by atoms with E-state index in [0.29, 0.717) is 0 Å². The molecule has 140 valence electrons. The van der Waals surface area contributed by atoms with Crippen molar-refractivity contribution in [3.05, 3.63) is 29.8 Å². The average molecular weight is 361 g/mol. The Kier molecular flexibility index (Phi) is 5.15. The lowest BCUT2D eigenvalue weighted by atomic mass is 10.0. The van der Waals surface area contributed by atoms with E-state index in [1.54, 1.807) is 7.11 Å². The number of carbonyl (C=O) groups is 3. The third kappa shape index (κ3) is 3.66. The van der Waals surface area contributed by atoms with Gasteiger partial charge in [0.05, 0.1) is 13.2 Å². The molecule has 4 N–H and O–H groups in total. The number of carbonyl (C=O) groups excluding carboxylic acids is 3. The molecule has 0 spiro atoms. The molecule has 0 saturated carbocycles. The zero-order valence-corrected chi connectivity index (χ0v) is 14.7. The van der Waals surface area contributed by atoms with Crippen LogP contribution in [0.15, 0.2) is 24.3 Å². The van der Waals surface area contributed by atoms with Gasteiger partial charge in [0.2, 0.25) is 5.91 Å². The minimum atomic E-state index is -0.466. The highest BCUT2D eigenvalue weighted by Crippen LogP contribution is 2.20. The number of hydrogen-bond acceptors (Lipinski definition) is 4. The summed E-state index contributed by atoms with van der Waals surface area (Å²) in [4.78, 5) is 37.1. The van der Waals surface area contributed by atoms with Crippen LogP contribution in [0, 0.1) is 0 Å². The van der Waals surface area contributed by atoms with Gasteiger partial charge in [0.1, 0.15) is 18.1 Å². The molecule has 2 fully saturated rings. The summed E-state index contributed by atoms with van der Waals surface area (Å²) in [7, 11) is 1.61. The molecule has 0 aliphatic carbocycles. The molecular weight excluding hydrogens is 338 g/mol. The minimum Gasteiger partial charge on any atom is -0.497 e. The predicted molar refractivity (Wildman–Crippen MR) is 93.3 cm³/mol. The first-order valence-corrected chi connectivity index (χ1v) is 8.59. The molecule has 3 rings (SSSR count). The normalized spacial score (nSPS) is 22.2. The molecule has 9 heteroatoms. The highest BCUT2D eigenvalue weighted by molar-refractivity contribution is 5.85. The van der Waals surface area contributed by atoms with E-state index >= 15 is 0 Å². The number of nitrogens with zero attached hydrogens (tertiary/aromatic N) is 1. The van der Waals surface area contributed by atoms with Gasteiger partial charge in [0.15, 0.2) is 0 Å². The molecule has 3 atom stereocenters. The number of amides is 5. The maximum atomic E-state index is 12.3. The van der Waals surface area contributed by atoms with Gasteiger partial charge in [-0.1, -0.05) is 19.1 Å². The van der Waals surface area contributed by atoms with Crippen LogP contribution < -0.4 is 26.0 Å². The lowest BCUT2D eigenvalue weighted by molar-refractivity contribution is -0.122. The van der Waals surface area contributed by atoms with Crippen molar-refractivity contribution in [1.29, 1.82) is 0 Å². The van der Waals surface area contributed by atoms with Crippen molar-refractivity contribution in [3.8, 4) is 5.75 Å². The Morgan fingerprint density at radius 1 is 1.23 bits per heavy atom. The van der Waals surface area contributed by atoms with Crippen LogP contribution in [0.4, 0.5) is 9.59 Å². The fourth-order valence-corrected chi connectivity index (χ4v) is 3.18. The van der Waals surface area contributed by atoms with Crippen LogP contribution in [0.1, 0.15) is 31.4 Å². The number of hydrogen-bond donors (Lipinski definition) is 4. The van der Waals surface area contributed by atoms with Crippen molar-refractivity contribution < 1.29 is 19.1 Å². The molecule has 2 heterocycles. The number of benzene rings is 1. The molecule has 0 aromatic heterocycles. The Morgan fingerprint density at radius 3 is 2.62 bits per heavy atom. The second-order valence-electron chi connectivity index (χ2n) is 6.23. The molecule has 1 aromatic rings. The van der Waals surface area contributed by atoms with Crippen LogP contribution in [0.5, 0.6) is 5.75 Å². The van der Waals surface area contributed by atoms with E-state index in [4.69, 9.17) is 4.74 Å². The molecule has 0 bridgehead atoms. The van der Waals surface area contributed by atoms with Crippen molar-refractivity contribution in [1.82, 2.24) is 26.2 Å². The standard InChI is InChI=1S/C17H23N5O4/c1-3-12(10-4-6-11(26-2)7-5-10)18-13(23)8-9-22-15-14(20-17(22)25)19-16(24)21-15/h4-7,12,14-15H,3,8-9H2,1-2H3,(H,18,23)(H,20,25)(H2,19,21,24). The number of nitrogens with one attached hydrogen (secondary N) is 4. The zero-order valence-electron chi connectivity index (χ0n) is 14.7. The maximum absolute atomic E-state index is 12.3. The van der Waals surface area contributed by atoms with Gasteiger partial charge in [-0.15, -0.1) is 0 Å². The van der Waals surface area contributed by atoms with Gasteiger partial charge < -0.3 is 26.0 Å². The van der Waals surface area contributed by atoms with E-state index in [9.17, 15) is 14.4 Å². The van der Waals surface area contributed by atoms with Gasteiger partial charge in [-0.2, -0.15) is 0 Å². The Labute approximate surface area is 151 Å². The third-order valence-corrected chi connectivity index (χ3v) is 4.60. The second kappa shape index (κ2) is 7.51. The predicted octanol–water partition coefficient (Wildman–Crippen LogP) is 0.643. The van der Waals surface area contributed by atoms with E-state index < -0.39 is 12.3 Å². The monoisotopic (exact) mass is 361 g/mol. The second-order valence-corrected chi connectivity index (χ2v) is 6.23. The van der Waals surface area contributed by atoms with Gasteiger partial charge in [0, 0.05) is 13.0 Å². The molecular formula is C17H23N5O4. The first-order chi connectivity index (χ1) is 12.5. The molecule has 2 saturated heterocycles. The van der Waals surface area contributed by atoms with Gasteiger partial charge in [-0.25, -0.2) is 9.59 Å². The molecule has 2 aliphatic heterocycles. The fourth-order valence-electron chi connectivity index (χ4n) is 3.18. The minimum absolute atomic E-state index is 0.110. The quantitative estimate of drug-likeness (QED) is 0.571. The molecule has 0 radical (unpaired) electrons. The summed E-state index contributed by atoms with van der Waals surface area (Å²) in [5.74, 6) is 0.609. The Hall–Kier alpha value is -2.97. The SMILES string of the molecule is CCC(NC(=O)CCN1C(=O)NC2NC(=O)NC21)c1ccc(OC)cc1. The first-order valence-electron chi connectivity index (χ1n) is 8.59. The summed E-state index contributed by atoms with van der Waals surface area (Å²) in [6, 6.07) is 6.81. The summed E-state index contributed by atoms with van der Waals surface area (Å²) in [5, 5.41) is 10.9. The smallest absolute Gasteiger partial charge is 0.320 e. The summed E-state index contributed by atoms with van der Waals surface area (Å²) < 4.78 is 5.15. The van der Waals surface area contributed by atoms with Crippen LogP contribution in [0.25, 0.3) is 0 Å². The summed E-state index contributed by atoms with van der Waals surface area (Å²) in [5.41, 5.74) is 0.993. The highest BCUT2D eigenvalue weighted by atomic mass is 16.5. The molecule has 2 aliphatic rings. The zero-order chi connectivity index (χ0) is 18.7. The number of urea groups is 2. The van der Waals surface area contributed by atoms with Crippen LogP contribution in [0.3, 0.4) is 0 Å². The van der Waals surface area contributed by atoms with Crippen LogP contribution >= 0.6 is 0 Å². The average Bonchev–Trinajstić information content (AvgIpc) is 3.12. The number of fused-ring (bicyclic) bond motifs is 1. The molecule has 9 nitrogen and oxygen atoms in total. The summed E-state index contributed by atoms with van der Waals surface area (Å²) >= 11 is 0. The molecule has 3 unspecified atom stereocenters. The first kappa shape index (κ1) is 17.8. The van der Waals surface area contributed by atoms with Gasteiger partial charge in [-0.05, 0) is 24.1 Å². The van der Waals surface area contributed by atoms with E-state index in [0.717, 1.165) is 17.7 Å². The molecule has 26 heavy (non-hydrogen) atoms. The maximum Gasteiger partial charge on any atom is 0.320 e. The van der Waals surface area contributed by atoms with E-state index in [-0.39, 0.29) is 37.0 Å². The number of methoxy groups -OCH3 is 1.